The number of rotatable bonds is 2. The summed E-state index contributed by atoms with van der Waals surface area (Å²) in [5.74, 6) is 0. The summed E-state index contributed by atoms with van der Waals surface area (Å²) >= 11 is 0. The zero-order chi connectivity index (χ0) is 13.5. The summed E-state index contributed by atoms with van der Waals surface area (Å²) in [7, 11) is 0. The smallest absolute Gasteiger partial charge is 0.0125 e. The average Bonchev–Trinajstić information content (AvgIpc) is 3.22. The molecule has 0 aromatic carbocycles. The quantitative estimate of drug-likeness (QED) is 0.756. The largest absolute Gasteiger partial charge is 0.298 e. The highest BCUT2D eigenvalue weighted by Crippen LogP contribution is 2.29. The maximum atomic E-state index is 2.78. The van der Waals surface area contributed by atoms with Crippen molar-refractivity contribution in [2.24, 2.45) is 0 Å². The highest BCUT2D eigenvalue weighted by Gasteiger charge is 2.34. The van der Waals surface area contributed by atoms with E-state index >= 15 is 0 Å². The molecule has 3 nitrogen and oxygen atoms in total. The van der Waals surface area contributed by atoms with Gasteiger partial charge in [-0.15, -0.1) is 0 Å². The fourth-order valence-electron chi connectivity index (χ4n) is 3.81. The topological polar surface area (TPSA) is 9.72 Å². The third kappa shape index (κ3) is 3.32. The molecule has 3 heteroatoms. The van der Waals surface area contributed by atoms with Crippen molar-refractivity contribution in [3.63, 3.8) is 0 Å². The maximum Gasteiger partial charge on any atom is 0.0125 e. The molecule has 1 aliphatic carbocycles. The third-order valence-corrected chi connectivity index (χ3v) is 5.34. The number of hydrogen-bond donors (Lipinski definition) is 0. The molecule has 0 aromatic rings. The molecule has 0 unspecified atom stereocenters. The van der Waals surface area contributed by atoms with Crippen LogP contribution in [0.2, 0.25) is 0 Å². The molecule has 0 aromatic heterocycles. The SMILES string of the molecule is CC(C)(C)N1CCC(N2CCN(C3CC3)CC2)CC1. The van der Waals surface area contributed by atoms with Crippen LogP contribution in [0.25, 0.3) is 0 Å². The van der Waals surface area contributed by atoms with Gasteiger partial charge in [0.2, 0.25) is 0 Å². The van der Waals surface area contributed by atoms with E-state index in [0.717, 1.165) is 12.1 Å². The van der Waals surface area contributed by atoms with Crippen LogP contribution in [-0.2, 0) is 0 Å². The molecule has 0 amide bonds. The molecule has 3 rings (SSSR count). The Morgan fingerprint density at radius 3 is 1.42 bits per heavy atom. The first-order valence-electron chi connectivity index (χ1n) is 8.27. The van der Waals surface area contributed by atoms with Crippen molar-refractivity contribution >= 4 is 0 Å². The summed E-state index contributed by atoms with van der Waals surface area (Å²) in [6, 6.07) is 1.82. The summed E-state index contributed by atoms with van der Waals surface area (Å²) in [5, 5.41) is 0. The molecule has 2 aliphatic heterocycles. The lowest BCUT2D eigenvalue weighted by molar-refractivity contribution is 0.0308. The van der Waals surface area contributed by atoms with E-state index in [9.17, 15) is 0 Å². The van der Waals surface area contributed by atoms with Crippen molar-refractivity contribution in [1.82, 2.24) is 14.7 Å². The first-order valence-corrected chi connectivity index (χ1v) is 8.27. The second-order valence-corrected chi connectivity index (χ2v) is 7.69. The minimum atomic E-state index is 0.357. The van der Waals surface area contributed by atoms with Crippen molar-refractivity contribution in [2.75, 3.05) is 39.3 Å². The Kier molecular flexibility index (Phi) is 3.89. The predicted molar refractivity (Wildman–Crippen MR) is 80.5 cm³/mol. The second kappa shape index (κ2) is 5.34. The highest BCUT2D eigenvalue weighted by atomic mass is 15.3. The van der Waals surface area contributed by atoms with Crippen LogP contribution in [-0.4, -0.2) is 71.6 Å². The zero-order valence-electron chi connectivity index (χ0n) is 13.1. The van der Waals surface area contributed by atoms with Crippen LogP contribution in [0, 0.1) is 0 Å². The van der Waals surface area contributed by atoms with Crippen LogP contribution >= 0.6 is 0 Å². The molecule has 2 heterocycles. The second-order valence-electron chi connectivity index (χ2n) is 7.69. The van der Waals surface area contributed by atoms with Gasteiger partial charge in [0.15, 0.2) is 0 Å². The van der Waals surface area contributed by atoms with E-state index in [1.807, 2.05) is 0 Å². The van der Waals surface area contributed by atoms with Crippen molar-refractivity contribution in [2.45, 2.75) is 64.1 Å². The summed E-state index contributed by atoms with van der Waals surface area (Å²) in [6.07, 6.45) is 5.68. The number of piperazine rings is 1. The Balaban J connectivity index is 1.44. The van der Waals surface area contributed by atoms with Gasteiger partial charge < -0.3 is 0 Å². The Morgan fingerprint density at radius 1 is 0.632 bits per heavy atom. The van der Waals surface area contributed by atoms with Crippen LogP contribution in [0.1, 0.15) is 46.5 Å². The van der Waals surface area contributed by atoms with Gasteiger partial charge in [0, 0.05) is 56.9 Å². The van der Waals surface area contributed by atoms with E-state index in [4.69, 9.17) is 0 Å². The van der Waals surface area contributed by atoms with E-state index in [2.05, 4.69) is 35.5 Å². The molecule has 0 radical (unpaired) electrons. The fraction of sp³-hybridized carbons (Fsp3) is 1.00. The summed E-state index contributed by atoms with van der Waals surface area (Å²) in [4.78, 5) is 8.16. The molecule has 0 spiro atoms. The lowest BCUT2D eigenvalue weighted by Gasteiger charge is -2.46. The number of hydrogen-bond acceptors (Lipinski definition) is 3. The van der Waals surface area contributed by atoms with Gasteiger partial charge in [0.25, 0.3) is 0 Å². The van der Waals surface area contributed by atoms with Crippen LogP contribution in [0.15, 0.2) is 0 Å². The standard InChI is InChI=1S/C16H31N3/c1-16(2,3)19-8-6-15(7-9-19)18-12-10-17(11-13-18)14-4-5-14/h14-15H,4-13H2,1-3H3. The molecule has 0 N–H and O–H groups in total. The highest BCUT2D eigenvalue weighted by molar-refractivity contribution is 4.91. The molecule has 110 valence electrons. The lowest BCUT2D eigenvalue weighted by atomic mass is 9.96. The minimum absolute atomic E-state index is 0.357. The average molecular weight is 265 g/mol. The Labute approximate surface area is 118 Å². The van der Waals surface area contributed by atoms with Gasteiger partial charge in [-0.2, -0.15) is 0 Å². The summed E-state index contributed by atoms with van der Waals surface area (Å²) < 4.78 is 0. The van der Waals surface area contributed by atoms with Gasteiger partial charge in [-0.3, -0.25) is 14.7 Å². The fourth-order valence-corrected chi connectivity index (χ4v) is 3.81. The van der Waals surface area contributed by atoms with Gasteiger partial charge in [-0.1, -0.05) is 0 Å². The van der Waals surface area contributed by atoms with E-state index in [0.29, 0.717) is 5.54 Å². The number of nitrogens with zero attached hydrogens (tertiary/aromatic N) is 3. The maximum absolute atomic E-state index is 2.78. The van der Waals surface area contributed by atoms with E-state index in [1.54, 1.807) is 0 Å². The van der Waals surface area contributed by atoms with Crippen molar-refractivity contribution in [1.29, 1.82) is 0 Å². The minimum Gasteiger partial charge on any atom is -0.298 e. The monoisotopic (exact) mass is 265 g/mol. The van der Waals surface area contributed by atoms with Crippen LogP contribution in [0.5, 0.6) is 0 Å². The van der Waals surface area contributed by atoms with E-state index in [1.165, 1.54) is 65.0 Å². The van der Waals surface area contributed by atoms with Gasteiger partial charge in [-0.05, 0) is 46.5 Å². The summed E-state index contributed by atoms with van der Waals surface area (Å²) in [5.41, 5.74) is 0.357. The van der Waals surface area contributed by atoms with Crippen LogP contribution in [0.3, 0.4) is 0 Å². The van der Waals surface area contributed by atoms with E-state index in [-0.39, 0.29) is 0 Å². The Hall–Kier alpha value is -0.120. The molecule has 3 fully saturated rings. The molecule has 19 heavy (non-hydrogen) atoms. The van der Waals surface area contributed by atoms with Gasteiger partial charge in [0.05, 0.1) is 0 Å². The molecular weight excluding hydrogens is 234 g/mol. The summed E-state index contributed by atoms with van der Waals surface area (Å²) in [6.45, 7) is 14.9. The zero-order valence-corrected chi connectivity index (χ0v) is 13.1. The third-order valence-electron chi connectivity index (χ3n) is 5.34. The molecule has 3 aliphatic rings. The molecular formula is C16H31N3. The van der Waals surface area contributed by atoms with Crippen molar-refractivity contribution in [3.8, 4) is 0 Å². The van der Waals surface area contributed by atoms with Gasteiger partial charge in [0.1, 0.15) is 0 Å². The normalized spacial score (nSPS) is 29.8. The Bertz CT molecular complexity index is 290. The number of piperidine rings is 1. The van der Waals surface area contributed by atoms with Gasteiger partial charge >= 0.3 is 0 Å². The first-order chi connectivity index (χ1) is 9.04. The molecule has 1 saturated carbocycles. The van der Waals surface area contributed by atoms with Crippen LogP contribution in [0.4, 0.5) is 0 Å². The van der Waals surface area contributed by atoms with Crippen molar-refractivity contribution in [3.05, 3.63) is 0 Å². The predicted octanol–water partition coefficient (Wildman–Crippen LogP) is 2.03. The Morgan fingerprint density at radius 2 is 1.05 bits per heavy atom. The lowest BCUT2D eigenvalue weighted by Crippen LogP contribution is -2.55. The first kappa shape index (κ1) is 13.8. The van der Waals surface area contributed by atoms with Crippen molar-refractivity contribution < 1.29 is 0 Å². The molecule has 0 bridgehead atoms. The number of likely N-dealkylation sites (tertiary alicyclic amines) is 1. The molecule has 0 atom stereocenters. The van der Waals surface area contributed by atoms with Gasteiger partial charge in [-0.25, -0.2) is 0 Å². The molecule has 2 saturated heterocycles. The van der Waals surface area contributed by atoms with Crippen LogP contribution < -0.4 is 0 Å². The van der Waals surface area contributed by atoms with E-state index < -0.39 is 0 Å².